The largest absolute Gasteiger partial charge is 0.477 e. The van der Waals surface area contributed by atoms with Gasteiger partial charge in [0.05, 0.1) is 5.52 Å². The van der Waals surface area contributed by atoms with Crippen molar-refractivity contribution >= 4 is 39.6 Å². The van der Waals surface area contributed by atoms with Crippen LogP contribution in [0.2, 0.25) is 5.02 Å². The first-order valence-electron chi connectivity index (χ1n) is 4.59. The number of H-pyrrole nitrogens is 1. The monoisotopic (exact) mass is 235 g/mol. The Bertz CT molecular complexity index is 710. The van der Waals surface area contributed by atoms with Gasteiger partial charge in [-0.25, -0.2) is 4.79 Å². The molecule has 0 fully saturated rings. The van der Waals surface area contributed by atoms with Crippen molar-refractivity contribution in [1.29, 1.82) is 0 Å². The van der Waals surface area contributed by atoms with Crippen molar-refractivity contribution in [1.82, 2.24) is 4.98 Å². The topological polar surface area (TPSA) is 66.2 Å². The van der Waals surface area contributed by atoms with Crippen molar-refractivity contribution in [3.8, 4) is 0 Å². The maximum atomic E-state index is 10.8. The van der Waals surface area contributed by atoms with E-state index in [-0.39, 0.29) is 5.69 Å². The molecular formula is C11H6ClNO3. The molecule has 3 rings (SSSR count). The molecule has 5 heteroatoms. The van der Waals surface area contributed by atoms with E-state index in [0.29, 0.717) is 21.7 Å². The standard InChI is InChI=1S/C11H6ClNO3/c12-5-1-2-6-8(3-5)16-9-4-7(11(14)15)13-10(6)9/h1-4,13H,(H,14,15). The van der Waals surface area contributed by atoms with Crippen LogP contribution in [0.5, 0.6) is 0 Å². The number of halogens is 1. The highest BCUT2D eigenvalue weighted by atomic mass is 35.5. The van der Waals surface area contributed by atoms with Gasteiger partial charge in [-0.1, -0.05) is 11.6 Å². The highest BCUT2D eigenvalue weighted by molar-refractivity contribution is 6.31. The van der Waals surface area contributed by atoms with E-state index in [1.54, 1.807) is 18.2 Å². The van der Waals surface area contributed by atoms with Gasteiger partial charge < -0.3 is 14.5 Å². The summed E-state index contributed by atoms with van der Waals surface area (Å²) >= 11 is 5.83. The molecule has 80 valence electrons. The molecule has 3 aromatic rings. The molecule has 0 saturated carbocycles. The zero-order valence-corrected chi connectivity index (χ0v) is 8.71. The quantitative estimate of drug-likeness (QED) is 0.680. The first-order chi connectivity index (χ1) is 7.65. The lowest BCUT2D eigenvalue weighted by atomic mass is 10.2. The van der Waals surface area contributed by atoms with Crippen LogP contribution in [0.25, 0.3) is 22.1 Å². The third-order valence-electron chi connectivity index (χ3n) is 2.44. The SMILES string of the molecule is O=C(O)c1cc2oc3cc(Cl)ccc3c2[nH]1. The molecule has 0 aliphatic carbocycles. The lowest BCUT2D eigenvalue weighted by Gasteiger charge is -1.90. The summed E-state index contributed by atoms with van der Waals surface area (Å²) in [5.74, 6) is -1.01. The summed E-state index contributed by atoms with van der Waals surface area (Å²) < 4.78 is 5.49. The Kier molecular flexibility index (Phi) is 1.76. The van der Waals surface area contributed by atoms with Gasteiger partial charge in [0, 0.05) is 22.5 Å². The van der Waals surface area contributed by atoms with Crippen LogP contribution in [-0.2, 0) is 0 Å². The second kappa shape index (κ2) is 3.02. The molecule has 0 saturated heterocycles. The number of furan rings is 1. The molecule has 1 aromatic carbocycles. The maximum absolute atomic E-state index is 10.8. The van der Waals surface area contributed by atoms with Crippen LogP contribution < -0.4 is 0 Å². The fourth-order valence-corrected chi connectivity index (χ4v) is 1.90. The Labute approximate surface area is 94.4 Å². The first kappa shape index (κ1) is 9.30. The van der Waals surface area contributed by atoms with Gasteiger partial charge >= 0.3 is 5.97 Å². The molecule has 4 nitrogen and oxygen atoms in total. The van der Waals surface area contributed by atoms with Crippen molar-refractivity contribution < 1.29 is 14.3 Å². The molecule has 2 N–H and O–H groups in total. The summed E-state index contributed by atoms with van der Waals surface area (Å²) in [5, 5.41) is 10.2. The maximum Gasteiger partial charge on any atom is 0.352 e. The predicted molar refractivity (Wildman–Crippen MR) is 60.0 cm³/mol. The van der Waals surface area contributed by atoms with Crippen molar-refractivity contribution in [2.75, 3.05) is 0 Å². The summed E-state index contributed by atoms with van der Waals surface area (Å²) in [6.45, 7) is 0. The summed E-state index contributed by atoms with van der Waals surface area (Å²) in [6, 6.07) is 6.70. The van der Waals surface area contributed by atoms with E-state index in [0.717, 1.165) is 5.39 Å². The highest BCUT2D eigenvalue weighted by Crippen LogP contribution is 2.30. The van der Waals surface area contributed by atoms with Gasteiger partial charge in [-0.3, -0.25) is 0 Å². The Morgan fingerprint density at radius 1 is 1.31 bits per heavy atom. The molecule has 0 atom stereocenters. The normalized spacial score (nSPS) is 11.3. The second-order valence-corrected chi connectivity index (χ2v) is 3.91. The average molecular weight is 236 g/mol. The summed E-state index contributed by atoms with van der Waals surface area (Å²) in [4.78, 5) is 13.6. The number of carboxylic acids is 1. The lowest BCUT2D eigenvalue weighted by Crippen LogP contribution is -1.94. The van der Waals surface area contributed by atoms with Crippen LogP contribution in [0.3, 0.4) is 0 Å². The van der Waals surface area contributed by atoms with Crippen LogP contribution in [0.4, 0.5) is 0 Å². The van der Waals surface area contributed by atoms with E-state index in [1.807, 2.05) is 0 Å². The lowest BCUT2D eigenvalue weighted by molar-refractivity contribution is 0.0691. The van der Waals surface area contributed by atoms with E-state index < -0.39 is 5.97 Å². The summed E-state index contributed by atoms with van der Waals surface area (Å²) in [6.07, 6.45) is 0. The van der Waals surface area contributed by atoms with Gasteiger partial charge in [-0.15, -0.1) is 0 Å². The Morgan fingerprint density at radius 3 is 2.88 bits per heavy atom. The highest BCUT2D eigenvalue weighted by Gasteiger charge is 2.13. The van der Waals surface area contributed by atoms with Gasteiger partial charge in [-0.05, 0) is 12.1 Å². The van der Waals surface area contributed by atoms with Crippen molar-refractivity contribution in [2.24, 2.45) is 0 Å². The minimum Gasteiger partial charge on any atom is -0.477 e. The molecule has 0 aliphatic rings. The van der Waals surface area contributed by atoms with Crippen LogP contribution in [-0.4, -0.2) is 16.1 Å². The van der Waals surface area contributed by atoms with Crippen LogP contribution in [0.1, 0.15) is 10.5 Å². The third kappa shape index (κ3) is 1.20. The van der Waals surface area contributed by atoms with Crippen LogP contribution in [0, 0.1) is 0 Å². The number of aromatic nitrogens is 1. The molecule has 0 bridgehead atoms. The van der Waals surface area contributed by atoms with E-state index in [1.165, 1.54) is 6.07 Å². The van der Waals surface area contributed by atoms with E-state index >= 15 is 0 Å². The van der Waals surface area contributed by atoms with Gasteiger partial charge in [0.15, 0.2) is 5.58 Å². The molecule has 0 spiro atoms. The first-order valence-corrected chi connectivity index (χ1v) is 4.97. The Morgan fingerprint density at radius 2 is 2.12 bits per heavy atom. The second-order valence-electron chi connectivity index (χ2n) is 3.47. The average Bonchev–Trinajstić information content (AvgIpc) is 2.73. The fraction of sp³-hybridized carbons (Fsp3) is 0. The van der Waals surface area contributed by atoms with Crippen LogP contribution >= 0.6 is 11.6 Å². The number of aromatic carboxylic acids is 1. The number of aromatic amines is 1. The molecule has 0 unspecified atom stereocenters. The number of hydrogen-bond donors (Lipinski definition) is 2. The number of nitrogens with one attached hydrogen (secondary N) is 1. The number of rotatable bonds is 1. The number of carbonyl (C=O) groups is 1. The minimum atomic E-state index is -1.01. The summed E-state index contributed by atoms with van der Waals surface area (Å²) in [5.41, 5.74) is 1.97. The van der Waals surface area contributed by atoms with Gasteiger partial charge in [0.25, 0.3) is 0 Å². The van der Waals surface area contributed by atoms with Crippen LogP contribution in [0.15, 0.2) is 28.7 Å². The minimum absolute atomic E-state index is 0.116. The van der Waals surface area contributed by atoms with Crippen molar-refractivity contribution in [3.63, 3.8) is 0 Å². The van der Waals surface area contributed by atoms with Gasteiger partial charge in [0.1, 0.15) is 11.3 Å². The molecule has 2 aromatic heterocycles. The Hall–Kier alpha value is -1.94. The Balaban J connectivity index is 2.38. The molecule has 0 aliphatic heterocycles. The van der Waals surface area contributed by atoms with Gasteiger partial charge in [-0.2, -0.15) is 0 Å². The number of fused-ring (bicyclic) bond motifs is 3. The zero-order valence-electron chi connectivity index (χ0n) is 7.95. The smallest absolute Gasteiger partial charge is 0.352 e. The van der Waals surface area contributed by atoms with E-state index in [4.69, 9.17) is 21.1 Å². The number of carboxylic acid groups (broad SMARTS) is 1. The molecule has 0 radical (unpaired) electrons. The van der Waals surface area contributed by atoms with E-state index in [2.05, 4.69) is 4.98 Å². The zero-order chi connectivity index (χ0) is 11.3. The third-order valence-corrected chi connectivity index (χ3v) is 2.68. The molecular weight excluding hydrogens is 230 g/mol. The molecule has 16 heavy (non-hydrogen) atoms. The van der Waals surface area contributed by atoms with Crippen molar-refractivity contribution in [2.45, 2.75) is 0 Å². The fourth-order valence-electron chi connectivity index (χ4n) is 1.74. The van der Waals surface area contributed by atoms with E-state index in [9.17, 15) is 4.79 Å². The molecule has 0 amide bonds. The van der Waals surface area contributed by atoms with Gasteiger partial charge in [0.2, 0.25) is 0 Å². The predicted octanol–water partition coefficient (Wildman–Crippen LogP) is 3.27. The van der Waals surface area contributed by atoms with Crippen molar-refractivity contribution in [3.05, 3.63) is 35.0 Å². The molecule has 2 heterocycles. The summed E-state index contributed by atoms with van der Waals surface area (Å²) in [7, 11) is 0. The number of benzene rings is 1. The number of hydrogen-bond acceptors (Lipinski definition) is 2.